The van der Waals surface area contributed by atoms with Crippen LogP contribution in [-0.2, 0) is 6.42 Å². The van der Waals surface area contributed by atoms with E-state index < -0.39 is 0 Å². The van der Waals surface area contributed by atoms with Gasteiger partial charge in [0.2, 0.25) is 0 Å². The van der Waals surface area contributed by atoms with Gasteiger partial charge in [-0.1, -0.05) is 4.68 Å². The molecule has 3 rings (SSSR count). The average Bonchev–Trinajstić information content (AvgIpc) is 2.39. The Morgan fingerprint density at radius 3 is 3.06 bits per heavy atom. The van der Waals surface area contributed by atoms with E-state index in [1.807, 2.05) is 0 Å². The molecule has 0 aromatic carbocycles. The summed E-state index contributed by atoms with van der Waals surface area (Å²) < 4.78 is 7.98. The predicted octanol–water partition coefficient (Wildman–Crippen LogP) is -0.160. The molecule has 1 saturated heterocycles. The predicted molar refractivity (Wildman–Crippen MR) is 61.3 cm³/mol. The van der Waals surface area contributed by atoms with Crippen LogP contribution in [0.1, 0.15) is 12.1 Å². The van der Waals surface area contributed by atoms with Gasteiger partial charge in [-0.05, 0) is 12.5 Å². The first-order chi connectivity index (χ1) is 7.95. The lowest BCUT2D eigenvalue weighted by Gasteiger charge is -2.26. The van der Waals surface area contributed by atoms with Gasteiger partial charge in [-0.15, -0.1) is 0 Å². The number of aromatic nitrogens is 1. The lowest BCUT2D eigenvalue weighted by molar-refractivity contribution is -0.701. The van der Waals surface area contributed by atoms with Gasteiger partial charge in [-0.3, -0.25) is 0 Å². The molecule has 0 saturated carbocycles. The van der Waals surface area contributed by atoms with E-state index in [9.17, 15) is 0 Å². The number of ether oxygens (including phenoxy) is 1. The second-order valence-corrected chi connectivity index (χ2v) is 4.32. The smallest absolute Gasteiger partial charge is 0.253 e. The molecule has 0 atom stereocenters. The Morgan fingerprint density at radius 2 is 2.19 bits per heavy atom. The maximum atomic E-state index is 5.69. The number of hydrogen-bond acceptors (Lipinski definition) is 3. The van der Waals surface area contributed by atoms with Crippen LogP contribution in [0.4, 0.5) is 0 Å². The van der Waals surface area contributed by atoms with E-state index in [1.165, 1.54) is 5.69 Å². The zero-order valence-corrected chi connectivity index (χ0v) is 9.48. The maximum Gasteiger partial charge on any atom is 0.253 e. The molecule has 0 amide bonds. The van der Waals surface area contributed by atoms with Gasteiger partial charge in [0, 0.05) is 25.6 Å². The molecule has 16 heavy (non-hydrogen) atoms. The van der Waals surface area contributed by atoms with Crippen LogP contribution in [-0.4, -0.2) is 32.8 Å². The summed E-state index contributed by atoms with van der Waals surface area (Å²) in [5.74, 6) is 1.06. The first kappa shape index (κ1) is 9.90. The number of nitrogens with one attached hydrogen (secondary N) is 1. The van der Waals surface area contributed by atoms with Crippen LogP contribution in [0.3, 0.4) is 0 Å². The highest BCUT2D eigenvalue weighted by Gasteiger charge is 2.26. The molecule has 1 aromatic heterocycles. The molecule has 2 aliphatic heterocycles. The Labute approximate surface area is 95.8 Å². The van der Waals surface area contributed by atoms with Gasteiger partial charge in [0.25, 0.3) is 5.69 Å². The number of rotatable bonds is 1. The summed E-state index contributed by atoms with van der Waals surface area (Å²) in [5.41, 5.74) is 1.33. The summed E-state index contributed by atoms with van der Waals surface area (Å²) in [5, 5.41) is 5.77. The van der Waals surface area contributed by atoms with Crippen LogP contribution in [0.15, 0.2) is 18.3 Å². The number of hydrogen-bond donors (Lipinski definition) is 1. The number of nitrogens with zero attached hydrogens (tertiary/aromatic N) is 2. The molecule has 1 fully saturated rings. The highest BCUT2D eigenvalue weighted by Crippen LogP contribution is 2.20. The van der Waals surface area contributed by atoms with Crippen molar-refractivity contribution in [2.75, 3.05) is 37.8 Å². The zero-order chi connectivity index (χ0) is 10.8. The van der Waals surface area contributed by atoms with Gasteiger partial charge in [0.05, 0.1) is 19.7 Å². The summed E-state index contributed by atoms with van der Waals surface area (Å²) in [6, 6.07) is 4.15. The molecule has 4 nitrogen and oxygen atoms in total. The van der Waals surface area contributed by atoms with Crippen molar-refractivity contribution in [1.82, 2.24) is 5.32 Å². The number of pyridine rings is 1. The Balaban J connectivity index is 1.93. The summed E-state index contributed by atoms with van der Waals surface area (Å²) in [4.78, 5) is 0. The molecular weight excluding hydrogens is 202 g/mol. The van der Waals surface area contributed by atoms with Gasteiger partial charge in [0.1, 0.15) is 0 Å². The van der Waals surface area contributed by atoms with Crippen LogP contribution in [0.5, 0.6) is 5.75 Å². The fraction of sp³-hybridized carbons (Fsp3) is 0.583. The van der Waals surface area contributed by atoms with Crippen LogP contribution in [0.2, 0.25) is 0 Å². The molecule has 0 spiro atoms. The third-order valence-electron chi connectivity index (χ3n) is 3.25. The lowest BCUT2D eigenvalue weighted by atomic mass is 10.1. The fourth-order valence-electron chi connectivity index (χ4n) is 2.44. The van der Waals surface area contributed by atoms with E-state index in [-0.39, 0.29) is 0 Å². The molecule has 2 aliphatic rings. The first-order valence-electron chi connectivity index (χ1n) is 6.07. The molecule has 3 heterocycles. The van der Waals surface area contributed by atoms with Gasteiger partial charge in [-0.2, -0.15) is 5.01 Å². The maximum absolute atomic E-state index is 5.69. The highest BCUT2D eigenvalue weighted by atomic mass is 16.5. The minimum Gasteiger partial charge on any atom is -0.487 e. The van der Waals surface area contributed by atoms with Crippen molar-refractivity contribution in [3.63, 3.8) is 0 Å². The Bertz CT molecular complexity index is 375. The minimum atomic E-state index is 0.860. The van der Waals surface area contributed by atoms with Crippen LogP contribution in [0.25, 0.3) is 0 Å². The second kappa shape index (κ2) is 4.29. The van der Waals surface area contributed by atoms with Crippen molar-refractivity contribution in [2.24, 2.45) is 0 Å². The van der Waals surface area contributed by atoms with Crippen molar-refractivity contribution < 1.29 is 9.41 Å². The lowest BCUT2D eigenvalue weighted by Crippen LogP contribution is -2.65. The average molecular weight is 220 g/mol. The van der Waals surface area contributed by atoms with E-state index in [2.05, 4.69) is 33.3 Å². The molecule has 86 valence electrons. The van der Waals surface area contributed by atoms with Crippen molar-refractivity contribution in [2.45, 2.75) is 12.8 Å². The summed E-state index contributed by atoms with van der Waals surface area (Å²) in [6.45, 7) is 5.13. The summed E-state index contributed by atoms with van der Waals surface area (Å²) in [6.07, 6.45) is 4.40. The summed E-state index contributed by atoms with van der Waals surface area (Å²) in [7, 11) is 0. The Morgan fingerprint density at radius 1 is 1.31 bits per heavy atom. The molecule has 0 aliphatic carbocycles. The third kappa shape index (κ3) is 1.73. The third-order valence-corrected chi connectivity index (χ3v) is 3.25. The topological polar surface area (TPSA) is 28.4 Å². The standard InChI is InChI=1S/C12H18N3O/c1-4-12-11(3-2-10-16-12)15(7-1)14-8-5-13-6-9-14/h1,4,7,13H,2-3,5-6,8-10H2/q+1. The van der Waals surface area contributed by atoms with Gasteiger partial charge < -0.3 is 10.1 Å². The SMILES string of the molecule is c1cc2c([n+](N3CCNCC3)c1)CCCO2. The zero-order valence-electron chi connectivity index (χ0n) is 9.48. The summed E-state index contributed by atoms with van der Waals surface area (Å²) >= 11 is 0. The van der Waals surface area contributed by atoms with Crippen LogP contribution >= 0.6 is 0 Å². The van der Waals surface area contributed by atoms with Crippen molar-refractivity contribution >= 4 is 0 Å². The van der Waals surface area contributed by atoms with E-state index in [1.54, 1.807) is 0 Å². The normalized spacial score (nSPS) is 20.1. The number of fused-ring (bicyclic) bond motifs is 1. The van der Waals surface area contributed by atoms with Crippen molar-refractivity contribution in [1.29, 1.82) is 0 Å². The second-order valence-electron chi connectivity index (χ2n) is 4.32. The van der Waals surface area contributed by atoms with Crippen LogP contribution < -0.4 is 19.7 Å². The minimum absolute atomic E-state index is 0.860. The van der Waals surface area contributed by atoms with E-state index in [0.29, 0.717) is 0 Å². The van der Waals surface area contributed by atoms with E-state index in [0.717, 1.165) is 51.4 Å². The highest BCUT2D eigenvalue weighted by molar-refractivity contribution is 5.25. The molecule has 0 radical (unpaired) electrons. The van der Waals surface area contributed by atoms with Gasteiger partial charge in [0.15, 0.2) is 11.9 Å². The molecule has 1 N–H and O–H groups in total. The fourth-order valence-corrected chi connectivity index (χ4v) is 2.44. The van der Waals surface area contributed by atoms with Crippen molar-refractivity contribution in [3.8, 4) is 5.75 Å². The monoisotopic (exact) mass is 220 g/mol. The van der Waals surface area contributed by atoms with E-state index >= 15 is 0 Å². The molecule has 0 unspecified atom stereocenters. The molecule has 1 aromatic rings. The Kier molecular flexibility index (Phi) is 2.66. The quantitative estimate of drug-likeness (QED) is 0.667. The van der Waals surface area contributed by atoms with Crippen LogP contribution in [0, 0.1) is 0 Å². The molecule has 0 bridgehead atoms. The largest absolute Gasteiger partial charge is 0.487 e. The van der Waals surface area contributed by atoms with Gasteiger partial charge >= 0.3 is 0 Å². The van der Waals surface area contributed by atoms with Gasteiger partial charge in [-0.25, -0.2) is 0 Å². The van der Waals surface area contributed by atoms with E-state index in [4.69, 9.17) is 4.74 Å². The Hall–Kier alpha value is -1.29. The first-order valence-corrected chi connectivity index (χ1v) is 6.07. The number of piperazine rings is 1. The van der Waals surface area contributed by atoms with Crippen molar-refractivity contribution in [3.05, 3.63) is 24.0 Å². The molecule has 4 heteroatoms. The molecular formula is C12H18N3O+.